The molecule has 2 atom stereocenters. The van der Waals surface area contributed by atoms with E-state index in [9.17, 15) is 0 Å². The second-order valence-electron chi connectivity index (χ2n) is 18.9. The van der Waals surface area contributed by atoms with Crippen LogP contribution in [0, 0.1) is 19.8 Å². The van der Waals surface area contributed by atoms with Gasteiger partial charge in [0.15, 0.2) is 22.9 Å². The molecule has 3 aliphatic carbocycles. The Morgan fingerprint density at radius 1 is 0.606 bits per heavy atom. The van der Waals surface area contributed by atoms with Gasteiger partial charge in [-0.25, -0.2) is 9.97 Å². The number of hydrogen-bond donors (Lipinski definition) is 0. The van der Waals surface area contributed by atoms with Crippen LogP contribution in [0.25, 0.3) is 33.3 Å². The third-order valence-corrected chi connectivity index (χ3v) is 13.9. The van der Waals surface area contributed by atoms with Crippen LogP contribution in [-0.4, -0.2) is 9.97 Å². The Bertz CT molecular complexity index is 3290. The molecule has 0 aliphatic heterocycles. The Hall–Kier alpha value is -7.18. The van der Waals surface area contributed by atoms with E-state index in [-0.39, 0.29) is 17.8 Å². The molecule has 11 rings (SSSR count). The van der Waals surface area contributed by atoms with E-state index in [2.05, 4.69) is 216 Å². The Balaban J connectivity index is 1.36. The largest absolute Gasteiger partial charge is 0.440 e. The van der Waals surface area contributed by atoms with E-state index in [0.717, 1.165) is 97.7 Å². The maximum absolute atomic E-state index is 7.27. The number of rotatable bonds is 10. The van der Waals surface area contributed by atoms with E-state index in [1.165, 1.54) is 22.4 Å². The third kappa shape index (κ3) is 6.44. The van der Waals surface area contributed by atoms with Crippen molar-refractivity contribution >= 4 is 50.6 Å². The van der Waals surface area contributed by atoms with E-state index in [4.69, 9.17) is 18.8 Å². The van der Waals surface area contributed by atoms with Crippen LogP contribution < -0.4 is 9.80 Å². The van der Waals surface area contributed by atoms with Crippen molar-refractivity contribution in [2.75, 3.05) is 9.80 Å². The molecule has 6 aromatic carbocycles. The molecular weight excluding hydrogens is 809 g/mol. The van der Waals surface area contributed by atoms with Crippen molar-refractivity contribution in [1.82, 2.24) is 9.97 Å². The molecule has 0 fully saturated rings. The van der Waals surface area contributed by atoms with E-state index in [0.29, 0.717) is 11.8 Å². The topological polar surface area (TPSA) is 58.5 Å². The van der Waals surface area contributed by atoms with Gasteiger partial charge in [0.2, 0.25) is 0 Å². The minimum absolute atomic E-state index is 0.0379. The number of para-hydroxylation sites is 3. The van der Waals surface area contributed by atoms with Crippen molar-refractivity contribution in [3.05, 3.63) is 209 Å². The van der Waals surface area contributed by atoms with Gasteiger partial charge in [0.1, 0.15) is 11.0 Å². The predicted molar refractivity (Wildman–Crippen MR) is 272 cm³/mol. The van der Waals surface area contributed by atoms with Crippen molar-refractivity contribution in [2.24, 2.45) is 5.92 Å². The lowest BCUT2D eigenvalue weighted by atomic mass is 9.66. The van der Waals surface area contributed by atoms with Crippen LogP contribution in [0.3, 0.4) is 0 Å². The normalized spacial score (nSPS) is 17.7. The molecule has 0 saturated heterocycles. The molecule has 0 N–H and O–H groups in total. The Morgan fingerprint density at radius 2 is 1.14 bits per heavy atom. The molecule has 328 valence electrons. The number of aryl methyl sites for hydroxylation is 2. The number of nitrogens with zero attached hydrogens (tertiary/aromatic N) is 4. The second kappa shape index (κ2) is 16.4. The molecule has 6 heteroatoms. The van der Waals surface area contributed by atoms with E-state index >= 15 is 0 Å². The maximum atomic E-state index is 7.27. The number of anilines is 5. The van der Waals surface area contributed by atoms with Gasteiger partial charge in [0, 0.05) is 51.6 Å². The van der Waals surface area contributed by atoms with Crippen LogP contribution in [0.4, 0.5) is 28.4 Å². The molecule has 2 unspecified atom stereocenters. The summed E-state index contributed by atoms with van der Waals surface area (Å²) in [6.45, 7) is 15.4. The van der Waals surface area contributed by atoms with Crippen molar-refractivity contribution in [3.8, 4) is 11.1 Å². The van der Waals surface area contributed by atoms with Crippen LogP contribution in [0.2, 0.25) is 0 Å². The molecule has 0 spiro atoms. The number of allylic oxidation sites excluding steroid dienone is 8. The van der Waals surface area contributed by atoms with Gasteiger partial charge < -0.3 is 18.6 Å². The monoisotopic (exact) mass is 864 g/mol. The highest BCUT2D eigenvalue weighted by molar-refractivity contribution is 6.14. The van der Waals surface area contributed by atoms with Crippen LogP contribution in [-0.2, 0) is 5.41 Å². The molecule has 0 amide bonds. The molecule has 6 nitrogen and oxygen atoms in total. The smallest absolute Gasteiger partial charge is 0.198 e. The fourth-order valence-corrected chi connectivity index (χ4v) is 10.6. The van der Waals surface area contributed by atoms with E-state index in [1.807, 2.05) is 0 Å². The summed E-state index contributed by atoms with van der Waals surface area (Å²) < 4.78 is 14.5. The number of oxazole rings is 2. The molecule has 0 bridgehead atoms. The summed E-state index contributed by atoms with van der Waals surface area (Å²) in [5.74, 6) is 1.73. The first-order valence-corrected chi connectivity index (χ1v) is 23.7. The molecule has 0 saturated carbocycles. The van der Waals surface area contributed by atoms with Crippen LogP contribution in [0.15, 0.2) is 178 Å². The summed E-state index contributed by atoms with van der Waals surface area (Å²) in [6, 6.07) is 44.0. The fourth-order valence-electron chi connectivity index (χ4n) is 10.6. The van der Waals surface area contributed by atoms with Gasteiger partial charge in [-0.1, -0.05) is 150 Å². The van der Waals surface area contributed by atoms with Gasteiger partial charge in [0.25, 0.3) is 0 Å². The van der Waals surface area contributed by atoms with Crippen LogP contribution in [0.1, 0.15) is 105 Å². The van der Waals surface area contributed by atoms with E-state index < -0.39 is 5.41 Å². The summed E-state index contributed by atoms with van der Waals surface area (Å²) in [4.78, 5) is 15.8. The van der Waals surface area contributed by atoms with Crippen LogP contribution in [0.5, 0.6) is 0 Å². The highest BCUT2D eigenvalue weighted by Crippen LogP contribution is 2.63. The quantitative estimate of drug-likeness (QED) is 0.136. The first-order valence-electron chi connectivity index (χ1n) is 23.7. The van der Waals surface area contributed by atoms with Gasteiger partial charge in [-0.15, -0.1) is 0 Å². The number of fused-ring (bicyclic) bond motifs is 7. The van der Waals surface area contributed by atoms with Gasteiger partial charge in [0.05, 0.1) is 16.8 Å². The minimum Gasteiger partial charge on any atom is -0.440 e. The average molecular weight is 865 g/mol. The number of hydrogen-bond acceptors (Lipinski definition) is 6. The highest BCUT2D eigenvalue weighted by Gasteiger charge is 2.51. The SMILES string of the molecule is Cc1ccccc1N(C1=CC=CCC1C)c1cc2c(c3oc(C(C)C)nc13)-c1c(cc(N(c3ccccc3)c3ccccc3C)c3nc(C(C)C)oc13)C2(C1=CCCC=C1)c1ccccc1. The summed E-state index contributed by atoms with van der Waals surface area (Å²) >= 11 is 0. The summed E-state index contributed by atoms with van der Waals surface area (Å²) in [5.41, 5.74) is 17.8. The third-order valence-electron chi connectivity index (χ3n) is 13.9. The molecule has 8 aromatic rings. The van der Waals surface area contributed by atoms with Crippen molar-refractivity contribution in [2.45, 2.75) is 85.0 Å². The Morgan fingerprint density at radius 3 is 1.67 bits per heavy atom. The first kappa shape index (κ1) is 41.5. The number of benzene rings is 6. The number of aromatic nitrogens is 2. The molecule has 3 aliphatic rings. The Kier molecular flexibility index (Phi) is 10.3. The maximum Gasteiger partial charge on any atom is 0.198 e. The molecule has 0 radical (unpaired) electrons. The zero-order valence-electron chi connectivity index (χ0n) is 39.0. The van der Waals surface area contributed by atoms with Crippen molar-refractivity contribution in [1.29, 1.82) is 0 Å². The highest BCUT2D eigenvalue weighted by atomic mass is 16.4. The minimum atomic E-state index is -0.803. The van der Waals surface area contributed by atoms with Crippen molar-refractivity contribution in [3.63, 3.8) is 0 Å². The van der Waals surface area contributed by atoms with Crippen molar-refractivity contribution < 1.29 is 8.83 Å². The summed E-state index contributed by atoms with van der Waals surface area (Å²) in [6.07, 6.45) is 16.8. The van der Waals surface area contributed by atoms with Gasteiger partial charge in [-0.2, -0.15) is 0 Å². The van der Waals surface area contributed by atoms with Crippen LogP contribution >= 0.6 is 0 Å². The molecule has 2 aromatic heterocycles. The van der Waals surface area contributed by atoms with Gasteiger partial charge >= 0.3 is 0 Å². The van der Waals surface area contributed by atoms with Gasteiger partial charge in [-0.05, 0) is 109 Å². The summed E-state index contributed by atoms with van der Waals surface area (Å²) in [5, 5.41) is 0. The zero-order valence-corrected chi connectivity index (χ0v) is 39.0. The van der Waals surface area contributed by atoms with Gasteiger partial charge in [-0.3, -0.25) is 0 Å². The lowest BCUT2D eigenvalue weighted by Gasteiger charge is -2.38. The first-order chi connectivity index (χ1) is 32.2. The fraction of sp³-hybridized carbons (Fsp3) is 0.233. The zero-order chi connectivity index (χ0) is 45.3. The molecule has 2 heterocycles. The standard InChI is InChI=1S/C60H56N4O2/c1-37(2)58-61-54-50(63(44-30-15-10-16-31-44)47-32-20-17-23-39(47)5)35-45-52(56(54)65-58)53-46(60(45,42-26-11-8-12-27-42)43-28-13-9-14-29-43)36-51(55-57(53)66-59(62-55)38(3)4)64(48-33-21-18-24-40(48)6)49-34-22-19-25-41(49)7/h8,10-13,15-24,26-38,41H,9,14,25H2,1-7H3. The van der Waals surface area contributed by atoms with E-state index in [1.54, 1.807) is 0 Å². The molecular formula is C60H56N4O2. The molecule has 66 heavy (non-hydrogen) atoms. The average Bonchev–Trinajstić information content (AvgIpc) is 4.06. The lowest BCUT2D eigenvalue weighted by molar-refractivity contribution is 0.499. The summed E-state index contributed by atoms with van der Waals surface area (Å²) in [7, 11) is 0. The second-order valence-corrected chi connectivity index (χ2v) is 18.9. The lowest BCUT2D eigenvalue weighted by Crippen LogP contribution is -2.30. The Labute approximate surface area is 388 Å². The predicted octanol–water partition coefficient (Wildman–Crippen LogP) is 16.5.